The normalized spacial score (nSPS) is 22.4. The number of carbonyl (C=O) groups excluding carboxylic acids is 1. The Morgan fingerprint density at radius 2 is 1.80 bits per heavy atom. The average molecular weight is 557 g/mol. The van der Waals surface area contributed by atoms with E-state index in [4.69, 9.17) is 9.47 Å². The summed E-state index contributed by atoms with van der Waals surface area (Å²) in [7, 11) is 1.33. The van der Waals surface area contributed by atoms with E-state index in [9.17, 15) is 18.0 Å². The van der Waals surface area contributed by atoms with E-state index in [1.54, 1.807) is 24.4 Å². The van der Waals surface area contributed by atoms with E-state index in [2.05, 4.69) is 24.6 Å². The number of aryl methyl sites for hydroxylation is 1. The van der Waals surface area contributed by atoms with Crippen LogP contribution in [0.15, 0.2) is 36.5 Å². The molecule has 40 heavy (non-hydrogen) atoms. The topological polar surface area (TPSA) is 89.6 Å². The number of ether oxygens (including phenoxy) is 3. The van der Waals surface area contributed by atoms with Gasteiger partial charge in [0.05, 0.1) is 19.8 Å². The summed E-state index contributed by atoms with van der Waals surface area (Å²) in [5, 5.41) is 0. The van der Waals surface area contributed by atoms with Crippen molar-refractivity contribution in [1.82, 2.24) is 15.0 Å². The maximum Gasteiger partial charge on any atom is 0.573 e. The minimum atomic E-state index is -4.78. The van der Waals surface area contributed by atoms with Crippen LogP contribution in [-0.2, 0) is 16.1 Å². The first-order valence-corrected chi connectivity index (χ1v) is 13.6. The Morgan fingerprint density at radius 3 is 2.48 bits per heavy atom. The highest BCUT2D eigenvalue weighted by Crippen LogP contribution is 2.46. The fourth-order valence-electron chi connectivity index (χ4n) is 6.17. The van der Waals surface area contributed by atoms with Crippen molar-refractivity contribution in [2.75, 3.05) is 12.0 Å². The Bertz CT molecular complexity index is 1390. The number of alkyl halides is 3. The Hall–Kier alpha value is -3.60. The van der Waals surface area contributed by atoms with Crippen molar-refractivity contribution in [3.8, 4) is 16.9 Å². The maximum absolute atomic E-state index is 13.1. The van der Waals surface area contributed by atoms with Crippen molar-refractivity contribution < 1.29 is 32.2 Å². The van der Waals surface area contributed by atoms with Crippen molar-refractivity contribution in [2.24, 2.45) is 0 Å². The molecule has 2 atom stereocenters. The molecule has 2 unspecified atom stereocenters. The monoisotopic (exact) mass is 556 g/mol. The second kappa shape index (κ2) is 10.4. The van der Waals surface area contributed by atoms with Gasteiger partial charge in [0.1, 0.15) is 5.75 Å². The number of aromatic amines is 1. The molecule has 3 fully saturated rings. The lowest BCUT2D eigenvalue weighted by molar-refractivity contribution is -0.274. The highest BCUT2D eigenvalue weighted by molar-refractivity contribution is 5.87. The molecule has 1 saturated carbocycles. The molecule has 1 aromatic carbocycles. The van der Waals surface area contributed by atoms with Gasteiger partial charge in [0.2, 0.25) is 5.95 Å². The van der Waals surface area contributed by atoms with E-state index in [0.29, 0.717) is 35.3 Å². The SMILES string of the molecule is COC(=O)c1cc(C)nc(N2C3CCC2CC(OCc2c(-c4ccccc4OC(F)(F)F)c[nH]c2C2CC2)C3)n1. The zero-order chi connectivity index (χ0) is 28.0. The zero-order valence-electron chi connectivity index (χ0n) is 22.3. The fourth-order valence-corrected chi connectivity index (χ4v) is 6.17. The summed E-state index contributed by atoms with van der Waals surface area (Å²) in [5.41, 5.74) is 3.91. The molecule has 11 heteroatoms. The molecule has 2 bridgehead atoms. The summed E-state index contributed by atoms with van der Waals surface area (Å²) in [4.78, 5) is 26.8. The number of rotatable bonds is 8. The fraction of sp³-hybridized carbons (Fsp3) is 0.483. The highest BCUT2D eigenvalue weighted by atomic mass is 19.4. The van der Waals surface area contributed by atoms with Gasteiger partial charge >= 0.3 is 12.3 Å². The summed E-state index contributed by atoms with van der Waals surface area (Å²) in [6, 6.07) is 8.19. The zero-order valence-corrected chi connectivity index (χ0v) is 22.3. The van der Waals surface area contributed by atoms with Gasteiger partial charge in [-0.3, -0.25) is 0 Å². The van der Waals surface area contributed by atoms with Gasteiger partial charge in [-0.25, -0.2) is 14.8 Å². The number of hydrogen-bond donors (Lipinski definition) is 1. The van der Waals surface area contributed by atoms with Crippen LogP contribution >= 0.6 is 0 Å². The molecule has 2 aliphatic heterocycles. The Morgan fingerprint density at radius 1 is 1.07 bits per heavy atom. The van der Waals surface area contributed by atoms with Gasteiger partial charge in [-0.1, -0.05) is 18.2 Å². The molecule has 6 rings (SSSR count). The van der Waals surface area contributed by atoms with Crippen LogP contribution in [0.5, 0.6) is 5.75 Å². The number of nitrogens with zero attached hydrogens (tertiary/aromatic N) is 3. The number of hydrogen-bond acceptors (Lipinski definition) is 7. The summed E-state index contributed by atoms with van der Waals surface area (Å²) in [6.45, 7) is 2.13. The second-order valence-electron chi connectivity index (χ2n) is 10.8. The van der Waals surface area contributed by atoms with E-state index in [1.165, 1.54) is 19.2 Å². The molecule has 2 saturated heterocycles. The van der Waals surface area contributed by atoms with Crippen LogP contribution in [-0.4, -0.2) is 52.6 Å². The largest absolute Gasteiger partial charge is 0.573 e. The third kappa shape index (κ3) is 5.39. The van der Waals surface area contributed by atoms with Gasteiger partial charge in [-0.2, -0.15) is 0 Å². The van der Waals surface area contributed by atoms with Crippen molar-refractivity contribution in [1.29, 1.82) is 0 Å². The number of aromatic nitrogens is 3. The number of carbonyl (C=O) groups is 1. The molecule has 2 aromatic heterocycles. The predicted molar refractivity (Wildman–Crippen MR) is 140 cm³/mol. The first kappa shape index (κ1) is 26.6. The molecule has 0 spiro atoms. The number of anilines is 1. The van der Waals surface area contributed by atoms with Crippen molar-refractivity contribution in [3.63, 3.8) is 0 Å². The van der Waals surface area contributed by atoms with E-state index in [1.807, 2.05) is 6.92 Å². The van der Waals surface area contributed by atoms with Crippen LogP contribution in [0.3, 0.4) is 0 Å². The summed E-state index contributed by atoms with van der Waals surface area (Å²) in [5.74, 6) is 0.182. The first-order valence-electron chi connectivity index (χ1n) is 13.6. The van der Waals surface area contributed by atoms with Crippen LogP contribution in [0.2, 0.25) is 0 Å². The molecular formula is C29H31F3N4O4. The van der Waals surface area contributed by atoms with E-state index in [-0.39, 0.29) is 29.6 Å². The van der Waals surface area contributed by atoms with Crippen LogP contribution in [0.4, 0.5) is 19.1 Å². The molecule has 1 aliphatic carbocycles. The smallest absolute Gasteiger partial charge is 0.464 e. The Labute approximate surface area is 229 Å². The Kier molecular flexibility index (Phi) is 6.93. The predicted octanol–water partition coefficient (Wildman–Crippen LogP) is 6.06. The number of esters is 1. The molecule has 8 nitrogen and oxygen atoms in total. The van der Waals surface area contributed by atoms with Gasteiger partial charge in [0.25, 0.3) is 0 Å². The maximum atomic E-state index is 13.1. The third-order valence-corrected chi connectivity index (χ3v) is 8.03. The highest BCUT2D eigenvalue weighted by Gasteiger charge is 2.43. The molecule has 3 aliphatic rings. The van der Waals surface area contributed by atoms with Gasteiger partial charge in [0, 0.05) is 46.4 Å². The minimum Gasteiger partial charge on any atom is -0.464 e. The number of para-hydroxylation sites is 1. The molecule has 0 amide bonds. The number of benzene rings is 1. The van der Waals surface area contributed by atoms with E-state index >= 15 is 0 Å². The quantitative estimate of drug-likeness (QED) is 0.338. The average Bonchev–Trinajstić information content (AvgIpc) is 3.61. The molecule has 0 radical (unpaired) electrons. The van der Waals surface area contributed by atoms with Crippen LogP contribution in [0.1, 0.15) is 71.9 Å². The lowest BCUT2D eigenvalue weighted by Gasteiger charge is -2.39. The Balaban J connectivity index is 1.20. The van der Waals surface area contributed by atoms with Crippen LogP contribution < -0.4 is 9.64 Å². The summed E-state index contributed by atoms with van der Waals surface area (Å²) in [6.07, 6.45) is 2.54. The summed E-state index contributed by atoms with van der Waals surface area (Å²) >= 11 is 0. The van der Waals surface area contributed by atoms with Crippen molar-refractivity contribution in [2.45, 2.75) is 82.5 Å². The number of nitrogens with one attached hydrogen (secondary N) is 1. The standard InChI is InChI=1S/C29H31F3N4O4/c1-16-11-24(27(37)38-2)35-28(34-16)36-18-9-10-19(36)13-20(12-18)39-15-23-22(14-33-26(23)17-7-8-17)21-5-3-4-6-25(21)40-29(30,31)32/h3-6,11,14,17-20,33H,7-10,12-13,15H2,1-2H3. The molecule has 212 valence electrons. The van der Waals surface area contributed by atoms with E-state index in [0.717, 1.165) is 49.8 Å². The van der Waals surface area contributed by atoms with Crippen LogP contribution in [0, 0.1) is 6.92 Å². The number of H-pyrrole nitrogens is 1. The van der Waals surface area contributed by atoms with Gasteiger partial charge in [0.15, 0.2) is 5.69 Å². The number of methoxy groups -OCH3 is 1. The third-order valence-electron chi connectivity index (χ3n) is 8.03. The molecule has 4 heterocycles. The van der Waals surface area contributed by atoms with Gasteiger partial charge in [-0.05, 0) is 63.5 Å². The van der Waals surface area contributed by atoms with Crippen molar-refractivity contribution in [3.05, 3.63) is 59.2 Å². The number of halogens is 3. The lowest BCUT2D eigenvalue weighted by Crippen LogP contribution is -2.46. The van der Waals surface area contributed by atoms with Crippen molar-refractivity contribution >= 4 is 11.9 Å². The first-order chi connectivity index (χ1) is 19.2. The minimum absolute atomic E-state index is 0.0184. The lowest BCUT2D eigenvalue weighted by atomic mass is 9.99. The molecular weight excluding hydrogens is 525 g/mol. The summed E-state index contributed by atoms with van der Waals surface area (Å²) < 4.78 is 55.0. The van der Waals surface area contributed by atoms with Gasteiger partial charge < -0.3 is 24.1 Å². The molecule has 1 N–H and O–H groups in total. The van der Waals surface area contributed by atoms with Gasteiger partial charge in [-0.15, -0.1) is 13.2 Å². The number of piperidine rings is 1. The van der Waals surface area contributed by atoms with E-state index < -0.39 is 12.3 Å². The second-order valence-corrected chi connectivity index (χ2v) is 10.8. The van der Waals surface area contributed by atoms with Crippen LogP contribution in [0.25, 0.3) is 11.1 Å². The number of fused-ring (bicyclic) bond motifs is 2. The molecule has 3 aromatic rings.